The lowest BCUT2D eigenvalue weighted by molar-refractivity contribution is -0.118. The highest BCUT2D eigenvalue weighted by atomic mass is 32.2. The molecule has 4 rings (SSSR count). The first-order valence-electron chi connectivity index (χ1n) is 9.37. The number of hydrogen-bond donors (Lipinski definition) is 0. The molecule has 0 saturated carbocycles. The molecule has 9 heteroatoms. The monoisotopic (exact) mass is 444 g/mol. The summed E-state index contributed by atoms with van der Waals surface area (Å²) in [6, 6.07) is 12.0. The van der Waals surface area contributed by atoms with Crippen molar-refractivity contribution in [3.63, 3.8) is 0 Å². The first-order chi connectivity index (χ1) is 14.5. The fourth-order valence-electron chi connectivity index (χ4n) is 3.17. The van der Waals surface area contributed by atoms with E-state index in [-0.39, 0.29) is 36.2 Å². The van der Waals surface area contributed by atoms with Crippen LogP contribution in [-0.4, -0.2) is 31.4 Å². The summed E-state index contributed by atoms with van der Waals surface area (Å²) < 4.78 is 38.4. The van der Waals surface area contributed by atoms with Gasteiger partial charge in [0.1, 0.15) is 0 Å². The Morgan fingerprint density at radius 2 is 1.93 bits per heavy atom. The van der Waals surface area contributed by atoms with E-state index < -0.39 is 9.84 Å². The number of rotatable bonds is 7. The maximum atomic E-state index is 12.4. The molecule has 7 nitrogen and oxygen atoms in total. The van der Waals surface area contributed by atoms with E-state index in [0.717, 1.165) is 10.2 Å². The molecule has 0 fully saturated rings. The van der Waals surface area contributed by atoms with Gasteiger partial charge < -0.3 is 14.0 Å². The van der Waals surface area contributed by atoms with Crippen molar-refractivity contribution in [3.8, 4) is 11.5 Å². The Morgan fingerprint density at radius 1 is 1.20 bits per heavy atom. The minimum Gasteiger partial charge on any atom is -0.454 e. The lowest BCUT2D eigenvalue weighted by atomic mass is 10.3. The number of hydrogen-bond acceptors (Lipinski definition) is 6. The van der Waals surface area contributed by atoms with Crippen LogP contribution < -0.4 is 14.3 Å². The third kappa shape index (κ3) is 4.17. The summed E-state index contributed by atoms with van der Waals surface area (Å²) >= 11 is 1.37. The zero-order valence-corrected chi connectivity index (χ0v) is 17.7. The van der Waals surface area contributed by atoms with E-state index in [1.54, 1.807) is 36.4 Å². The standard InChI is InChI=1S/C21H20N2O5S2/c1-2-10-23-16-12-17-18(28-14-27-17)13-19(16)29-21(23)22-20(24)9-6-11-30(25,26)15-7-4-3-5-8-15/h2-5,7-8,12-13H,1,6,9-11,14H2. The molecule has 1 amide bonds. The van der Waals surface area contributed by atoms with Crippen LogP contribution in [0.1, 0.15) is 12.8 Å². The van der Waals surface area contributed by atoms with E-state index in [1.807, 2.05) is 16.7 Å². The third-order valence-corrected chi connectivity index (χ3v) is 7.47. The Bertz CT molecular complexity index is 1270. The zero-order chi connectivity index (χ0) is 21.1. The first kappa shape index (κ1) is 20.4. The topological polar surface area (TPSA) is 87.0 Å². The van der Waals surface area contributed by atoms with Crippen molar-refractivity contribution in [1.82, 2.24) is 4.57 Å². The van der Waals surface area contributed by atoms with Crippen molar-refractivity contribution in [3.05, 3.63) is 59.9 Å². The minimum absolute atomic E-state index is 0.0527. The second-order valence-corrected chi connectivity index (χ2v) is 9.82. The van der Waals surface area contributed by atoms with E-state index in [2.05, 4.69) is 11.6 Å². The number of thiazole rings is 1. The van der Waals surface area contributed by atoms with Crippen molar-refractivity contribution in [2.75, 3.05) is 12.5 Å². The molecule has 0 spiro atoms. The van der Waals surface area contributed by atoms with Crippen molar-refractivity contribution in [1.29, 1.82) is 0 Å². The van der Waals surface area contributed by atoms with Crippen molar-refractivity contribution in [2.45, 2.75) is 24.3 Å². The van der Waals surface area contributed by atoms with Crippen LogP contribution in [0.15, 0.2) is 65.0 Å². The zero-order valence-electron chi connectivity index (χ0n) is 16.1. The van der Waals surface area contributed by atoms with Crippen molar-refractivity contribution < 1.29 is 22.7 Å². The summed E-state index contributed by atoms with van der Waals surface area (Å²) in [6.07, 6.45) is 1.99. The Labute approximate surface area is 177 Å². The number of benzene rings is 2. The van der Waals surface area contributed by atoms with Crippen LogP contribution in [0.4, 0.5) is 0 Å². The number of carbonyl (C=O) groups is 1. The lowest BCUT2D eigenvalue weighted by Crippen LogP contribution is -2.16. The van der Waals surface area contributed by atoms with Gasteiger partial charge in [-0.3, -0.25) is 4.79 Å². The van der Waals surface area contributed by atoms with Crippen LogP contribution >= 0.6 is 11.3 Å². The lowest BCUT2D eigenvalue weighted by Gasteiger charge is -2.03. The molecule has 0 N–H and O–H groups in total. The molecule has 2 heterocycles. The van der Waals surface area contributed by atoms with Gasteiger partial charge in [0.05, 0.1) is 20.9 Å². The van der Waals surface area contributed by atoms with Crippen LogP contribution in [0.5, 0.6) is 11.5 Å². The average molecular weight is 445 g/mol. The first-order valence-corrected chi connectivity index (χ1v) is 11.8. The largest absolute Gasteiger partial charge is 0.454 e. The summed E-state index contributed by atoms with van der Waals surface area (Å²) in [5.74, 6) is 0.863. The summed E-state index contributed by atoms with van der Waals surface area (Å²) in [6.45, 7) is 4.45. The van der Waals surface area contributed by atoms with Gasteiger partial charge in [0, 0.05) is 25.1 Å². The SMILES string of the molecule is C=CCn1c(=NC(=O)CCCS(=O)(=O)c2ccccc2)sc2cc3c(cc21)OCO3. The van der Waals surface area contributed by atoms with Crippen LogP contribution in [0.3, 0.4) is 0 Å². The molecule has 1 aliphatic rings. The molecule has 0 bridgehead atoms. The fourth-order valence-corrected chi connectivity index (χ4v) is 5.57. The molecule has 0 aliphatic carbocycles. The number of amides is 1. The molecule has 0 atom stereocenters. The van der Waals surface area contributed by atoms with Gasteiger partial charge in [0.25, 0.3) is 0 Å². The quantitative estimate of drug-likeness (QED) is 0.522. The molecule has 30 heavy (non-hydrogen) atoms. The minimum atomic E-state index is -3.41. The maximum Gasteiger partial charge on any atom is 0.248 e. The van der Waals surface area contributed by atoms with Gasteiger partial charge in [-0.25, -0.2) is 8.42 Å². The number of sulfone groups is 1. The predicted molar refractivity (Wildman–Crippen MR) is 114 cm³/mol. The molecular weight excluding hydrogens is 424 g/mol. The molecule has 3 aromatic rings. The third-order valence-electron chi connectivity index (χ3n) is 4.62. The Balaban J connectivity index is 1.53. The highest BCUT2D eigenvalue weighted by molar-refractivity contribution is 7.91. The number of nitrogens with zero attached hydrogens (tertiary/aromatic N) is 2. The van der Waals surface area contributed by atoms with Crippen LogP contribution in [0, 0.1) is 0 Å². The highest BCUT2D eigenvalue weighted by Gasteiger charge is 2.18. The number of ether oxygens (including phenoxy) is 2. The van der Waals surface area contributed by atoms with Gasteiger partial charge in [-0.2, -0.15) is 4.99 Å². The van der Waals surface area contributed by atoms with Gasteiger partial charge in [-0.05, 0) is 18.6 Å². The van der Waals surface area contributed by atoms with Crippen molar-refractivity contribution in [2.24, 2.45) is 4.99 Å². The number of allylic oxidation sites excluding steroid dienone is 1. The Morgan fingerprint density at radius 3 is 2.67 bits per heavy atom. The Hall–Kier alpha value is -2.91. The number of fused-ring (bicyclic) bond motifs is 2. The molecular formula is C21H20N2O5S2. The summed E-state index contributed by atoms with van der Waals surface area (Å²) in [7, 11) is -3.41. The van der Waals surface area contributed by atoms with Crippen LogP contribution in [0.25, 0.3) is 10.2 Å². The molecule has 2 aromatic carbocycles. The predicted octanol–water partition coefficient (Wildman–Crippen LogP) is 3.30. The van der Waals surface area contributed by atoms with E-state index in [1.165, 1.54) is 11.3 Å². The van der Waals surface area contributed by atoms with Gasteiger partial charge >= 0.3 is 0 Å². The van der Waals surface area contributed by atoms with E-state index >= 15 is 0 Å². The molecule has 0 saturated heterocycles. The maximum absolute atomic E-state index is 12.4. The summed E-state index contributed by atoms with van der Waals surface area (Å²) in [5, 5.41) is 0. The molecule has 0 unspecified atom stereocenters. The summed E-state index contributed by atoms with van der Waals surface area (Å²) in [5.41, 5.74) is 0.877. The normalized spacial score (nSPS) is 13.7. The van der Waals surface area contributed by atoms with Gasteiger partial charge in [0.2, 0.25) is 12.7 Å². The van der Waals surface area contributed by atoms with Gasteiger partial charge in [-0.1, -0.05) is 35.6 Å². The smallest absolute Gasteiger partial charge is 0.248 e. The van der Waals surface area contributed by atoms with E-state index in [4.69, 9.17) is 9.47 Å². The van der Waals surface area contributed by atoms with Crippen LogP contribution in [0.2, 0.25) is 0 Å². The average Bonchev–Trinajstić information content (AvgIpc) is 3.31. The van der Waals surface area contributed by atoms with E-state index in [0.29, 0.717) is 22.8 Å². The fraction of sp³-hybridized carbons (Fsp3) is 0.238. The second kappa shape index (κ2) is 8.45. The van der Waals surface area contributed by atoms with E-state index in [9.17, 15) is 13.2 Å². The van der Waals surface area contributed by atoms with Gasteiger partial charge in [0.15, 0.2) is 26.1 Å². The molecule has 1 aliphatic heterocycles. The molecule has 156 valence electrons. The molecule has 0 radical (unpaired) electrons. The number of aromatic nitrogens is 1. The highest BCUT2D eigenvalue weighted by Crippen LogP contribution is 2.37. The van der Waals surface area contributed by atoms with Gasteiger partial charge in [-0.15, -0.1) is 6.58 Å². The molecule has 1 aromatic heterocycles. The number of carbonyl (C=O) groups excluding carboxylic acids is 1. The Kier molecular flexibility index (Phi) is 5.74. The van der Waals surface area contributed by atoms with Crippen molar-refractivity contribution >= 4 is 37.3 Å². The summed E-state index contributed by atoms with van der Waals surface area (Å²) in [4.78, 5) is 17.5. The van der Waals surface area contributed by atoms with Crippen LogP contribution in [-0.2, 0) is 21.2 Å². The second-order valence-electron chi connectivity index (χ2n) is 6.70.